The maximum absolute atomic E-state index is 13.8. The lowest BCUT2D eigenvalue weighted by Gasteiger charge is -2.13. The van der Waals surface area contributed by atoms with Gasteiger partial charge in [-0.3, -0.25) is 0 Å². The molecule has 0 unspecified atom stereocenters. The summed E-state index contributed by atoms with van der Waals surface area (Å²) >= 11 is 0. The van der Waals surface area contributed by atoms with Gasteiger partial charge in [0, 0.05) is 22.7 Å². The number of amides is 2. The second-order valence-electron chi connectivity index (χ2n) is 7.10. The number of aryl methyl sites for hydroxylation is 1. The van der Waals surface area contributed by atoms with E-state index in [4.69, 9.17) is 9.72 Å². The molecule has 0 saturated heterocycles. The number of pyridine rings is 1. The lowest BCUT2D eigenvalue weighted by atomic mass is 10.1. The highest BCUT2D eigenvalue weighted by Crippen LogP contribution is 2.32. The number of nitrogens with one attached hydrogen (secondary N) is 2. The Morgan fingerprint density at radius 1 is 1.00 bits per heavy atom. The summed E-state index contributed by atoms with van der Waals surface area (Å²) < 4.78 is 19.6. The molecule has 0 spiro atoms. The van der Waals surface area contributed by atoms with Crippen LogP contribution in [-0.4, -0.2) is 17.6 Å². The van der Waals surface area contributed by atoms with Crippen molar-refractivity contribution in [3.8, 4) is 17.0 Å². The third kappa shape index (κ3) is 4.64. The van der Waals surface area contributed by atoms with Gasteiger partial charge in [-0.2, -0.15) is 0 Å². The monoisotopic (exact) mass is 415 g/mol. The highest BCUT2D eigenvalue weighted by atomic mass is 19.1. The minimum Gasteiger partial charge on any atom is -0.493 e. The first-order chi connectivity index (χ1) is 15.0. The minimum absolute atomic E-state index is 0.111. The van der Waals surface area contributed by atoms with E-state index >= 15 is 0 Å². The highest BCUT2D eigenvalue weighted by Gasteiger charge is 2.12. The summed E-state index contributed by atoms with van der Waals surface area (Å²) in [5, 5.41) is 6.02. The first kappa shape index (κ1) is 20.3. The molecule has 1 aromatic heterocycles. The predicted molar refractivity (Wildman–Crippen MR) is 122 cm³/mol. The number of carbonyl (C=O) groups is 1. The Balaban J connectivity index is 1.64. The maximum atomic E-state index is 13.8. The third-order valence-electron chi connectivity index (χ3n) is 4.80. The molecule has 5 nitrogen and oxygen atoms in total. The number of benzene rings is 3. The van der Waals surface area contributed by atoms with Crippen LogP contribution in [0.15, 0.2) is 72.8 Å². The SMILES string of the molecule is CCOc1cc(-c2ccc(C)cc2)nc2ccc(NC(=O)Nc3ccccc3F)cc12. The maximum Gasteiger partial charge on any atom is 0.323 e. The summed E-state index contributed by atoms with van der Waals surface area (Å²) in [6.45, 7) is 4.46. The average Bonchev–Trinajstić information content (AvgIpc) is 2.76. The fourth-order valence-electron chi connectivity index (χ4n) is 3.27. The van der Waals surface area contributed by atoms with Crippen molar-refractivity contribution in [3.63, 3.8) is 0 Å². The lowest BCUT2D eigenvalue weighted by Crippen LogP contribution is -2.20. The van der Waals surface area contributed by atoms with E-state index in [0.717, 1.165) is 22.2 Å². The molecule has 156 valence electrons. The predicted octanol–water partition coefficient (Wildman–Crippen LogP) is 6.39. The number of carbonyl (C=O) groups excluding carboxylic acids is 1. The van der Waals surface area contributed by atoms with Crippen LogP contribution in [0.5, 0.6) is 5.75 Å². The summed E-state index contributed by atoms with van der Waals surface area (Å²) in [6.07, 6.45) is 0. The number of rotatable bonds is 5. The summed E-state index contributed by atoms with van der Waals surface area (Å²) in [4.78, 5) is 17.1. The largest absolute Gasteiger partial charge is 0.493 e. The van der Waals surface area contributed by atoms with Crippen molar-refractivity contribution in [2.45, 2.75) is 13.8 Å². The van der Waals surface area contributed by atoms with Gasteiger partial charge in [-0.15, -0.1) is 0 Å². The number of hydrogen-bond donors (Lipinski definition) is 2. The van der Waals surface area contributed by atoms with Crippen molar-refractivity contribution in [2.75, 3.05) is 17.2 Å². The van der Waals surface area contributed by atoms with Crippen LogP contribution in [0.4, 0.5) is 20.6 Å². The molecule has 0 saturated carbocycles. The van der Waals surface area contributed by atoms with Gasteiger partial charge in [0.05, 0.1) is 23.5 Å². The van der Waals surface area contributed by atoms with Crippen molar-refractivity contribution in [1.82, 2.24) is 4.98 Å². The van der Waals surface area contributed by atoms with Crippen LogP contribution in [0.25, 0.3) is 22.2 Å². The molecule has 2 amide bonds. The topological polar surface area (TPSA) is 63.2 Å². The smallest absolute Gasteiger partial charge is 0.323 e. The van der Waals surface area contributed by atoms with Crippen molar-refractivity contribution < 1.29 is 13.9 Å². The number of para-hydroxylation sites is 1. The van der Waals surface area contributed by atoms with E-state index in [1.165, 1.54) is 17.7 Å². The van der Waals surface area contributed by atoms with E-state index in [1.807, 2.05) is 50.2 Å². The zero-order chi connectivity index (χ0) is 21.8. The Morgan fingerprint density at radius 2 is 1.77 bits per heavy atom. The quantitative estimate of drug-likeness (QED) is 0.397. The van der Waals surface area contributed by atoms with E-state index in [-0.39, 0.29) is 5.69 Å². The molecular weight excluding hydrogens is 393 g/mol. The standard InChI is InChI=1S/C25H22FN3O2/c1-3-31-24-15-23(17-10-8-16(2)9-11-17)28-21-13-12-18(14-19(21)24)27-25(30)29-22-7-5-4-6-20(22)26/h4-15H,3H2,1-2H3,(H2,27,29,30). The number of urea groups is 1. The number of aromatic nitrogens is 1. The Kier molecular flexibility index (Phi) is 5.80. The molecule has 0 bridgehead atoms. The lowest BCUT2D eigenvalue weighted by molar-refractivity contribution is 0.262. The van der Waals surface area contributed by atoms with Crippen LogP contribution in [0.3, 0.4) is 0 Å². The van der Waals surface area contributed by atoms with Crippen LogP contribution in [-0.2, 0) is 0 Å². The Hall–Kier alpha value is -3.93. The van der Waals surface area contributed by atoms with Gasteiger partial charge in [-0.1, -0.05) is 42.0 Å². The third-order valence-corrected chi connectivity index (χ3v) is 4.80. The van der Waals surface area contributed by atoms with E-state index < -0.39 is 11.8 Å². The van der Waals surface area contributed by atoms with E-state index in [0.29, 0.717) is 18.0 Å². The normalized spacial score (nSPS) is 10.7. The first-order valence-electron chi connectivity index (χ1n) is 10.0. The van der Waals surface area contributed by atoms with Gasteiger partial charge in [-0.25, -0.2) is 14.2 Å². The summed E-state index contributed by atoms with van der Waals surface area (Å²) in [6, 6.07) is 20.9. The van der Waals surface area contributed by atoms with Crippen molar-refractivity contribution in [3.05, 3.63) is 84.2 Å². The number of halogens is 1. The minimum atomic E-state index is -0.536. The molecule has 0 atom stereocenters. The molecule has 3 aromatic carbocycles. The molecule has 4 rings (SSSR count). The van der Waals surface area contributed by atoms with Crippen molar-refractivity contribution in [1.29, 1.82) is 0 Å². The van der Waals surface area contributed by atoms with Crippen LogP contribution < -0.4 is 15.4 Å². The Bertz CT molecular complexity index is 1240. The fraction of sp³-hybridized carbons (Fsp3) is 0.120. The van der Waals surface area contributed by atoms with Gasteiger partial charge in [0.2, 0.25) is 0 Å². The van der Waals surface area contributed by atoms with E-state index in [9.17, 15) is 9.18 Å². The highest BCUT2D eigenvalue weighted by molar-refractivity contribution is 6.01. The van der Waals surface area contributed by atoms with Crippen LogP contribution in [0, 0.1) is 12.7 Å². The Morgan fingerprint density at radius 3 is 2.52 bits per heavy atom. The number of hydrogen-bond acceptors (Lipinski definition) is 3. The van der Waals surface area contributed by atoms with Crippen LogP contribution in [0.1, 0.15) is 12.5 Å². The van der Waals surface area contributed by atoms with Crippen LogP contribution >= 0.6 is 0 Å². The Labute approximate surface area is 179 Å². The number of fused-ring (bicyclic) bond motifs is 1. The molecular formula is C25H22FN3O2. The van der Waals surface area contributed by atoms with E-state index in [2.05, 4.69) is 10.6 Å². The molecule has 31 heavy (non-hydrogen) atoms. The molecule has 0 radical (unpaired) electrons. The molecule has 0 aliphatic carbocycles. The molecule has 0 aliphatic heterocycles. The number of anilines is 2. The fourth-order valence-corrected chi connectivity index (χ4v) is 3.27. The second-order valence-corrected chi connectivity index (χ2v) is 7.10. The summed E-state index contributed by atoms with van der Waals surface area (Å²) in [5.41, 5.74) is 4.40. The van der Waals surface area contributed by atoms with Gasteiger partial charge in [-0.05, 0) is 44.2 Å². The zero-order valence-electron chi connectivity index (χ0n) is 17.3. The molecule has 2 N–H and O–H groups in total. The second kappa shape index (κ2) is 8.83. The zero-order valence-corrected chi connectivity index (χ0v) is 17.3. The summed E-state index contributed by atoms with van der Waals surface area (Å²) in [5.74, 6) is 0.184. The van der Waals surface area contributed by atoms with Crippen molar-refractivity contribution >= 4 is 28.3 Å². The van der Waals surface area contributed by atoms with Gasteiger partial charge < -0.3 is 15.4 Å². The van der Waals surface area contributed by atoms with Crippen LogP contribution in [0.2, 0.25) is 0 Å². The number of ether oxygens (including phenoxy) is 1. The number of nitrogens with zero attached hydrogens (tertiary/aromatic N) is 1. The molecule has 0 fully saturated rings. The first-order valence-corrected chi connectivity index (χ1v) is 10.0. The molecule has 6 heteroatoms. The van der Waals surface area contributed by atoms with Gasteiger partial charge in [0.25, 0.3) is 0 Å². The van der Waals surface area contributed by atoms with Gasteiger partial charge >= 0.3 is 6.03 Å². The van der Waals surface area contributed by atoms with Gasteiger partial charge in [0.15, 0.2) is 0 Å². The summed E-state index contributed by atoms with van der Waals surface area (Å²) in [7, 11) is 0. The van der Waals surface area contributed by atoms with Gasteiger partial charge in [0.1, 0.15) is 11.6 Å². The molecule has 1 heterocycles. The van der Waals surface area contributed by atoms with Crippen molar-refractivity contribution in [2.24, 2.45) is 0 Å². The molecule has 4 aromatic rings. The molecule has 0 aliphatic rings. The van der Waals surface area contributed by atoms with E-state index in [1.54, 1.807) is 24.3 Å². The average molecular weight is 415 g/mol.